The smallest absolute Gasteiger partial charge is 0.120 e. The lowest BCUT2D eigenvalue weighted by molar-refractivity contribution is 0.318. The highest BCUT2D eigenvalue weighted by atomic mass is 16.5. The van der Waals surface area contributed by atoms with Crippen LogP contribution in [0.2, 0.25) is 0 Å². The van der Waals surface area contributed by atoms with Crippen LogP contribution < -0.4 is 4.74 Å². The molecule has 1 aromatic carbocycles. The number of aromatic nitrogens is 1. The zero-order chi connectivity index (χ0) is 12.1. The third-order valence-electron chi connectivity index (χ3n) is 2.97. The molecule has 17 heavy (non-hydrogen) atoms. The highest BCUT2D eigenvalue weighted by Crippen LogP contribution is 2.22. The largest absolute Gasteiger partial charge is 0.494 e. The fourth-order valence-electron chi connectivity index (χ4n) is 2.01. The van der Waals surface area contributed by atoms with Crippen LogP contribution in [-0.4, -0.2) is 11.2 Å². The van der Waals surface area contributed by atoms with E-state index in [1.807, 2.05) is 0 Å². The maximum atomic E-state index is 5.64. The van der Waals surface area contributed by atoms with Crippen LogP contribution in [-0.2, 0) is 6.54 Å². The van der Waals surface area contributed by atoms with Crippen molar-refractivity contribution in [3.63, 3.8) is 0 Å². The van der Waals surface area contributed by atoms with Crippen molar-refractivity contribution in [1.29, 1.82) is 0 Å². The number of nitrogens with zero attached hydrogens (tertiary/aromatic N) is 1. The summed E-state index contributed by atoms with van der Waals surface area (Å²) in [5.41, 5.74) is 1.31. The summed E-state index contributed by atoms with van der Waals surface area (Å²) in [6, 6.07) is 8.54. The van der Waals surface area contributed by atoms with Crippen molar-refractivity contribution in [1.82, 2.24) is 4.57 Å². The zero-order valence-corrected chi connectivity index (χ0v) is 10.8. The molecular weight excluding hydrogens is 210 g/mol. The highest BCUT2D eigenvalue weighted by molar-refractivity contribution is 5.81. The Kier molecular flexibility index (Phi) is 4.08. The van der Waals surface area contributed by atoms with Crippen molar-refractivity contribution >= 4 is 10.9 Å². The Labute approximate surface area is 103 Å². The molecule has 0 saturated heterocycles. The van der Waals surface area contributed by atoms with Crippen LogP contribution in [0.4, 0.5) is 0 Å². The molecule has 0 aliphatic heterocycles. The van der Waals surface area contributed by atoms with Crippen LogP contribution in [0.3, 0.4) is 0 Å². The molecule has 0 unspecified atom stereocenters. The molecule has 0 spiro atoms. The van der Waals surface area contributed by atoms with E-state index in [0.717, 1.165) is 25.3 Å². The molecule has 0 bridgehead atoms. The number of fused-ring (bicyclic) bond motifs is 1. The average molecular weight is 231 g/mol. The molecule has 92 valence electrons. The Morgan fingerprint density at radius 3 is 2.76 bits per heavy atom. The van der Waals surface area contributed by atoms with Gasteiger partial charge in [0.1, 0.15) is 5.75 Å². The maximum Gasteiger partial charge on any atom is 0.120 e. The van der Waals surface area contributed by atoms with Gasteiger partial charge in [0.25, 0.3) is 0 Å². The quantitative estimate of drug-likeness (QED) is 0.725. The Morgan fingerprint density at radius 1 is 1.12 bits per heavy atom. The first kappa shape index (κ1) is 12.0. The van der Waals surface area contributed by atoms with Gasteiger partial charge < -0.3 is 9.30 Å². The molecule has 0 radical (unpaired) electrons. The molecule has 0 amide bonds. The molecule has 0 aliphatic carbocycles. The van der Waals surface area contributed by atoms with Gasteiger partial charge >= 0.3 is 0 Å². The van der Waals surface area contributed by atoms with Crippen molar-refractivity contribution in [2.24, 2.45) is 0 Å². The van der Waals surface area contributed by atoms with E-state index in [2.05, 4.69) is 48.9 Å². The second-order valence-corrected chi connectivity index (χ2v) is 4.43. The topological polar surface area (TPSA) is 14.2 Å². The van der Waals surface area contributed by atoms with E-state index >= 15 is 0 Å². The summed E-state index contributed by atoms with van der Waals surface area (Å²) < 4.78 is 7.97. The van der Waals surface area contributed by atoms with Crippen molar-refractivity contribution < 1.29 is 4.74 Å². The number of benzene rings is 1. The number of hydrogen-bond donors (Lipinski definition) is 0. The highest BCUT2D eigenvalue weighted by Gasteiger charge is 2.02. The Morgan fingerprint density at radius 2 is 2.00 bits per heavy atom. The van der Waals surface area contributed by atoms with Crippen molar-refractivity contribution in [2.45, 2.75) is 39.7 Å². The molecule has 2 aromatic rings. The molecule has 2 rings (SSSR count). The second kappa shape index (κ2) is 5.76. The van der Waals surface area contributed by atoms with Gasteiger partial charge in [-0.2, -0.15) is 0 Å². The predicted molar refractivity (Wildman–Crippen MR) is 72.6 cm³/mol. The van der Waals surface area contributed by atoms with Crippen molar-refractivity contribution in [3.8, 4) is 5.75 Å². The van der Waals surface area contributed by atoms with Gasteiger partial charge in [-0.05, 0) is 37.1 Å². The molecule has 1 heterocycles. The monoisotopic (exact) mass is 231 g/mol. The summed E-state index contributed by atoms with van der Waals surface area (Å²) >= 11 is 0. The SMILES string of the molecule is CCCCn1ccc2cc(OCCC)ccc21. The van der Waals surface area contributed by atoms with Crippen LogP contribution in [0.1, 0.15) is 33.1 Å². The molecule has 0 aliphatic rings. The van der Waals surface area contributed by atoms with E-state index in [0.29, 0.717) is 0 Å². The van der Waals surface area contributed by atoms with Gasteiger partial charge in [0.2, 0.25) is 0 Å². The molecule has 0 fully saturated rings. The van der Waals surface area contributed by atoms with Gasteiger partial charge in [-0.3, -0.25) is 0 Å². The summed E-state index contributed by atoms with van der Waals surface area (Å²) in [5.74, 6) is 0.979. The Hall–Kier alpha value is -1.44. The summed E-state index contributed by atoms with van der Waals surface area (Å²) in [4.78, 5) is 0. The second-order valence-electron chi connectivity index (χ2n) is 4.43. The lowest BCUT2D eigenvalue weighted by atomic mass is 10.2. The first-order valence-electron chi connectivity index (χ1n) is 6.57. The minimum absolute atomic E-state index is 0.794. The zero-order valence-electron chi connectivity index (χ0n) is 10.8. The fourth-order valence-corrected chi connectivity index (χ4v) is 2.01. The molecule has 0 atom stereocenters. The summed E-state index contributed by atoms with van der Waals surface area (Å²) in [7, 11) is 0. The predicted octanol–water partition coefficient (Wildman–Crippen LogP) is 4.23. The van der Waals surface area contributed by atoms with Gasteiger partial charge in [0.05, 0.1) is 6.61 Å². The van der Waals surface area contributed by atoms with Crippen molar-refractivity contribution in [2.75, 3.05) is 6.61 Å². The van der Waals surface area contributed by atoms with Crippen LogP contribution in [0.25, 0.3) is 10.9 Å². The van der Waals surface area contributed by atoms with Gasteiger partial charge in [0, 0.05) is 23.6 Å². The van der Waals surface area contributed by atoms with E-state index in [-0.39, 0.29) is 0 Å². The minimum Gasteiger partial charge on any atom is -0.494 e. The van der Waals surface area contributed by atoms with E-state index in [1.54, 1.807) is 0 Å². The third-order valence-corrected chi connectivity index (χ3v) is 2.97. The number of ether oxygens (including phenoxy) is 1. The normalized spacial score (nSPS) is 10.9. The standard InChI is InChI=1S/C15H21NO/c1-3-5-9-16-10-8-13-12-14(17-11-4-2)6-7-15(13)16/h6-8,10,12H,3-5,9,11H2,1-2H3. The van der Waals surface area contributed by atoms with Crippen LogP contribution in [0, 0.1) is 0 Å². The Balaban J connectivity index is 2.19. The van der Waals surface area contributed by atoms with E-state index in [1.165, 1.54) is 23.7 Å². The van der Waals surface area contributed by atoms with Crippen molar-refractivity contribution in [3.05, 3.63) is 30.5 Å². The lowest BCUT2D eigenvalue weighted by Gasteiger charge is -2.06. The van der Waals surface area contributed by atoms with Gasteiger partial charge in [-0.1, -0.05) is 20.3 Å². The number of hydrogen-bond acceptors (Lipinski definition) is 1. The number of rotatable bonds is 6. The molecule has 0 N–H and O–H groups in total. The first-order chi connectivity index (χ1) is 8.35. The van der Waals surface area contributed by atoms with Crippen LogP contribution in [0.15, 0.2) is 30.5 Å². The van der Waals surface area contributed by atoms with E-state index in [4.69, 9.17) is 4.74 Å². The van der Waals surface area contributed by atoms with Gasteiger partial charge in [-0.15, -0.1) is 0 Å². The number of unbranched alkanes of at least 4 members (excludes halogenated alkanes) is 1. The van der Waals surface area contributed by atoms with E-state index < -0.39 is 0 Å². The Bertz CT molecular complexity index is 473. The lowest BCUT2D eigenvalue weighted by Crippen LogP contribution is -1.96. The van der Waals surface area contributed by atoms with Gasteiger partial charge in [0.15, 0.2) is 0 Å². The number of aryl methyl sites for hydroxylation is 1. The summed E-state index contributed by atoms with van der Waals surface area (Å²) in [5, 5.41) is 1.27. The third kappa shape index (κ3) is 2.82. The summed E-state index contributed by atoms with van der Waals surface area (Å²) in [6.07, 6.45) is 5.69. The first-order valence-corrected chi connectivity index (χ1v) is 6.57. The maximum absolute atomic E-state index is 5.64. The van der Waals surface area contributed by atoms with Crippen LogP contribution in [0.5, 0.6) is 5.75 Å². The minimum atomic E-state index is 0.794. The molecular formula is C15H21NO. The molecule has 2 heteroatoms. The molecule has 2 nitrogen and oxygen atoms in total. The summed E-state index contributed by atoms with van der Waals surface area (Å²) in [6.45, 7) is 6.25. The molecule has 0 saturated carbocycles. The molecule has 1 aromatic heterocycles. The van der Waals surface area contributed by atoms with Gasteiger partial charge in [-0.25, -0.2) is 0 Å². The fraction of sp³-hybridized carbons (Fsp3) is 0.467. The van der Waals surface area contributed by atoms with E-state index in [9.17, 15) is 0 Å². The average Bonchev–Trinajstić information content (AvgIpc) is 2.76. The van der Waals surface area contributed by atoms with Crippen LogP contribution >= 0.6 is 0 Å².